The van der Waals surface area contributed by atoms with Gasteiger partial charge in [-0.2, -0.15) is 0 Å². The zero-order chi connectivity index (χ0) is 26.7. The molecule has 0 radical (unpaired) electrons. The Morgan fingerprint density at radius 1 is 0.838 bits per heavy atom. The van der Waals surface area contributed by atoms with Gasteiger partial charge in [-0.15, -0.1) is 0 Å². The number of carbonyl (C=O) groups is 2. The van der Waals surface area contributed by atoms with Gasteiger partial charge in [0.25, 0.3) is 5.91 Å². The molecule has 4 N–H and O–H groups in total. The Bertz CT molecular complexity index is 843. The quantitative estimate of drug-likeness (QED) is 0.223. The van der Waals surface area contributed by atoms with Crippen molar-refractivity contribution in [2.24, 2.45) is 10.7 Å². The first-order valence-electron chi connectivity index (χ1n) is 12.5. The first kappa shape index (κ1) is 31.2. The molecular formula is C25H40N4O7S. The molecule has 11 nitrogen and oxygen atoms in total. The van der Waals surface area contributed by atoms with E-state index in [0.29, 0.717) is 87.7 Å². The third-order valence-electron chi connectivity index (χ3n) is 5.19. The highest BCUT2D eigenvalue weighted by molar-refractivity contribution is 8.14. The van der Waals surface area contributed by atoms with Crippen molar-refractivity contribution in [2.75, 3.05) is 77.9 Å². The second-order valence-corrected chi connectivity index (χ2v) is 9.51. The van der Waals surface area contributed by atoms with E-state index in [1.165, 1.54) is 11.8 Å². The Hall–Kier alpha value is -2.06. The van der Waals surface area contributed by atoms with E-state index in [1.54, 1.807) is 24.3 Å². The van der Waals surface area contributed by atoms with Crippen LogP contribution in [0, 0.1) is 0 Å². The van der Waals surface area contributed by atoms with E-state index in [2.05, 4.69) is 22.5 Å². The van der Waals surface area contributed by atoms with Crippen LogP contribution in [0.5, 0.6) is 0 Å². The fraction of sp³-hybridized carbons (Fsp3) is 0.640. The summed E-state index contributed by atoms with van der Waals surface area (Å²) in [6.07, 6.45) is 0.161. The molecule has 0 saturated carbocycles. The maximum atomic E-state index is 12.7. The molecule has 37 heavy (non-hydrogen) atoms. The monoisotopic (exact) mass is 540 g/mol. The smallest absolute Gasteiger partial charge is 0.259 e. The number of ether oxygens (including phenoxy) is 5. The lowest BCUT2D eigenvalue weighted by molar-refractivity contribution is -0.117. The molecule has 12 heteroatoms. The summed E-state index contributed by atoms with van der Waals surface area (Å²) >= 11 is 1.53. The van der Waals surface area contributed by atoms with Crippen molar-refractivity contribution in [1.29, 1.82) is 0 Å². The molecule has 1 heterocycles. The van der Waals surface area contributed by atoms with E-state index in [-0.39, 0.29) is 30.9 Å². The summed E-state index contributed by atoms with van der Waals surface area (Å²) in [6, 6.07) is 7.04. The molecule has 2 atom stereocenters. The van der Waals surface area contributed by atoms with Crippen LogP contribution in [0.3, 0.4) is 0 Å². The summed E-state index contributed by atoms with van der Waals surface area (Å²) < 4.78 is 26.9. The lowest BCUT2D eigenvalue weighted by Crippen LogP contribution is -2.29. The predicted molar refractivity (Wildman–Crippen MR) is 144 cm³/mol. The SMILES string of the molecule is CC1N=C(NC(=O)c2ccccc2NC(=O)CCOCCOCCOCCOCCOCCN)SC1C. The Balaban J connectivity index is 1.50. The first-order valence-corrected chi connectivity index (χ1v) is 13.4. The summed E-state index contributed by atoms with van der Waals surface area (Å²) in [5, 5.41) is 6.53. The van der Waals surface area contributed by atoms with Gasteiger partial charge in [0.05, 0.1) is 89.8 Å². The molecule has 2 unspecified atom stereocenters. The van der Waals surface area contributed by atoms with Crippen LogP contribution in [0.25, 0.3) is 0 Å². The van der Waals surface area contributed by atoms with Gasteiger partial charge in [-0.1, -0.05) is 30.8 Å². The highest BCUT2D eigenvalue weighted by Crippen LogP contribution is 2.25. The highest BCUT2D eigenvalue weighted by atomic mass is 32.2. The van der Waals surface area contributed by atoms with Gasteiger partial charge in [0.15, 0.2) is 5.17 Å². The molecule has 0 aliphatic carbocycles. The molecule has 1 aliphatic heterocycles. The van der Waals surface area contributed by atoms with Gasteiger partial charge >= 0.3 is 0 Å². The van der Waals surface area contributed by atoms with Crippen LogP contribution in [0.2, 0.25) is 0 Å². The average molecular weight is 541 g/mol. The number of aliphatic imine (C=N–C) groups is 1. The summed E-state index contributed by atoms with van der Waals surface area (Å²) in [4.78, 5) is 29.5. The number of hydrogen-bond acceptors (Lipinski definition) is 10. The zero-order valence-electron chi connectivity index (χ0n) is 21.7. The van der Waals surface area contributed by atoms with Crippen LogP contribution in [0.1, 0.15) is 30.6 Å². The van der Waals surface area contributed by atoms with E-state index in [4.69, 9.17) is 29.4 Å². The van der Waals surface area contributed by atoms with Crippen molar-refractivity contribution >= 4 is 34.4 Å². The molecule has 2 amide bonds. The Labute approximate surface area is 223 Å². The maximum Gasteiger partial charge on any atom is 0.259 e. The maximum absolute atomic E-state index is 12.7. The summed E-state index contributed by atoms with van der Waals surface area (Å²) in [5.74, 6) is -0.543. The number of amidine groups is 1. The second kappa shape index (κ2) is 19.1. The van der Waals surface area contributed by atoms with E-state index >= 15 is 0 Å². The fourth-order valence-corrected chi connectivity index (χ4v) is 4.04. The van der Waals surface area contributed by atoms with Gasteiger partial charge in [0.2, 0.25) is 5.91 Å². The van der Waals surface area contributed by atoms with Gasteiger partial charge in [0.1, 0.15) is 0 Å². The minimum absolute atomic E-state index is 0.150. The van der Waals surface area contributed by atoms with E-state index in [1.807, 2.05) is 6.92 Å². The molecule has 0 aromatic heterocycles. The number of nitrogens with two attached hydrogens (primary N) is 1. The predicted octanol–water partition coefficient (Wildman–Crippen LogP) is 1.67. The van der Waals surface area contributed by atoms with Crippen LogP contribution < -0.4 is 16.4 Å². The molecule has 1 aromatic carbocycles. The van der Waals surface area contributed by atoms with Crippen molar-refractivity contribution in [2.45, 2.75) is 31.6 Å². The molecule has 208 valence electrons. The number of thioether (sulfide) groups is 1. The van der Waals surface area contributed by atoms with Crippen LogP contribution in [0.4, 0.5) is 5.69 Å². The van der Waals surface area contributed by atoms with Crippen LogP contribution >= 0.6 is 11.8 Å². The number of benzene rings is 1. The lowest BCUT2D eigenvalue weighted by Gasteiger charge is -2.11. The van der Waals surface area contributed by atoms with Gasteiger partial charge in [-0.05, 0) is 19.1 Å². The van der Waals surface area contributed by atoms with Gasteiger partial charge < -0.3 is 40.1 Å². The standard InChI is InChI=1S/C25H40N4O7S/c1-19-20(2)37-25(27-19)29-24(31)21-5-3-4-6-22(21)28-23(30)7-9-32-11-13-34-15-17-36-18-16-35-14-12-33-10-8-26/h3-6,19-20H,7-18,26H2,1-2H3,(H,28,30)(H,27,29,31). The number of nitrogens with zero attached hydrogens (tertiary/aromatic N) is 1. The van der Waals surface area contributed by atoms with E-state index in [9.17, 15) is 9.59 Å². The number of nitrogens with one attached hydrogen (secondary N) is 2. The molecule has 0 saturated heterocycles. The topological polar surface area (TPSA) is 143 Å². The van der Waals surface area contributed by atoms with Crippen LogP contribution in [-0.4, -0.2) is 101 Å². The average Bonchev–Trinajstić information content (AvgIpc) is 3.20. The number of carbonyl (C=O) groups excluding carboxylic acids is 2. The van der Waals surface area contributed by atoms with Crippen molar-refractivity contribution in [3.05, 3.63) is 29.8 Å². The number of amides is 2. The fourth-order valence-electron chi connectivity index (χ4n) is 3.05. The van der Waals surface area contributed by atoms with Crippen LogP contribution in [0.15, 0.2) is 29.3 Å². The molecule has 0 bridgehead atoms. The van der Waals surface area contributed by atoms with E-state index in [0.717, 1.165) is 0 Å². The first-order chi connectivity index (χ1) is 18.0. The third kappa shape index (κ3) is 13.3. The minimum atomic E-state index is -0.304. The van der Waals surface area contributed by atoms with Crippen molar-refractivity contribution in [1.82, 2.24) is 5.32 Å². The summed E-state index contributed by atoms with van der Waals surface area (Å²) in [6.45, 7) is 9.10. The van der Waals surface area contributed by atoms with Gasteiger partial charge in [0, 0.05) is 11.8 Å². The van der Waals surface area contributed by atoms with Crippen LogP contribution in [-0.2, 0) is 28.5 Å². The number of rotatable bonds is 19. The Morgan fingerprint density at radius 2 is 1.38 bits per heavy atom. The van der Waals surface area contributed by atoms with E-state index < -0.39 is 0 Å². The Morgan fingerprint density at radius 3 is 1.92 bits per heavy atom. The van der Waals surface area contributed by atoms with Crippen molar-refractivity contribution in [3.63, 3.8) is 0 Å². The van der Waals surface area contributed by atoms with Gasteiger partial charge in [-0.25, -0.2) is 0 Å². The number of para-hydroxylation sites is 1. The Kier molecular flexibility index (Phi) is 16.1. The third-order valence-corrected chi connectivity index (χ3v) is 6.38. The highest BCUT2D eigenvalue weighted by Gasteiger charge is 2.24. The zero-order valence-corrected chi connectivity index (χ0v) is 22.6. The number of anilines is 1. The molecule has 0 spiro atoms. The normalized spacial score (nSPS) is 17.0. The molecule has 0 fully saturated rings. The van der Waals surface area contributed by atoms with Gasteiger partial charge in [-0.3, -0.25) is 14.6 Å². The second-order valence-electron chi connectivity index (χ2n) is 8.15. The lowest BCUT2D eigenvalue weighted by atomic mass is 10.1. The van der Waals surface area contributed by atoms with Crippen molar-refractivity contribution in [3.8, 4) is 0 Å². The van der Waals surface area contributed by atoms with Crippen molar-refractivity contribution < 1.29 is 33.3 Å². The summed E-state index contributed by atoms with van der Waals surface area (Å²) in [7, 11) is 0. The number of hydrogen-bond donors (Lipinski definition) is 3. The minimum Gasteiger partial charge on any atom is -0.379 e. The summed E-state index contributed by atoms with van der Waals surface area (Å²) in [5.41, 5.74) is 6.15. The molecular weight excluding hydrogens is 500 g/mol. The molecule has 1 aliphatic rings. The largest absolute Gasteiger partial charge is 0.379 e. The molecule has 2 rings (SSSR count). The molecule has 1 aromatic rings.